The van der Waals surface area contributed by atoms with E-state index in [0.717, 1.165) is 11.1 Å². The first-order valence-electron chi connectivity index (χ1n) is 13.5. The van der Waals surface area contributed by atoms with Crippen LogP contribution in [-0.2, 0) is 35.7 Å². The smallest absolute Gasteiger partial charge is 0.349 e. The van der Waals surface area contributed by atoms with Crippen LogP contribution in [0.1, 0.15) is 42.1 Å². The Bertz CT molecular complexity index is 1440. The molecular formula is C30H31NO10. The molecule has 0 radical (unpaired) electrons. The molecule has 1 saturated heterocycles. The first-order chi connectivity index (χ1) is 19.6. The van der Waals surface area contributed by atoms with Gasteiger partial charge in [0.2, 0.25) is 6.10 Å². The molecule has 1 spiro atoms. The summed E-state index contributed by atoms with van der Waals surface area (Å²) in [4.78, 5) is 39.3. The number of aliphatic hydroxyl groups excluding tert-OH is 1. The summed E-state index contributed by atoms with van der Waals surface area (Å²) >= 11 is 0. The Morgan fingerprint density at radius 3 is 2.63 bits per heavy atom. The molecule has 0 unspecified atom stereocenters. The van der Waals surface area contributed by atoms with Crippen molar-refractivity contribution in [2.24, 2.45) is 0 Å². The lowest BCUT2D eigenvalue weighted by Crippen LogP contribution is -2.74. The van der Waals surface area contributed by atoms with Crippen molar-refractivity contribution in [2.45, 2.75) is 61.1 Å². The SMILES string of the molecule is COc1ccc2c3c1O[C@H]1C(OC(=O)[C@@H](O)CC(=O)O[C@H](C(=O)O)c4ccccc4)=CC[C@@]4(O)[C@H](C2)N(C)CC[C@]314. The maximum atomic E-state index is 13.0. The van der Waals surface area contributed by atoms with Crippen LogP contribution in [0, 0.1) is 0 Å². The third kappa shape index (κ3) is 4.02. The van der Waals surface area contributed by atoms with Gasteiger partial charge in [0.25, 0.3) is 0 Å². The number of likely N-dealkylation sites (N-methyl/N-ethyl adjacent to an activating group) is 1. The quantitative estimate of drug-likeness (QED) is 0.401. The van der Waals surface area contributed by atoms with Gasteiger partial charge in [-0.3, -0.25) is 4.79 Å². The highest BCUT2D eigenvalue weighted by atomic mass is 16.6. The van der Waals surface area contributed by atoms with E-state index in [1.165, 1.54) is 19.2 Å². The molecule has 0 amide bonds. The summed E-state index contributed by atoms with van der Waals surface area (Å²) in [6, 6.07) is 11.5. The monoisotopic (exact) mass is 565 g/mol. The molecule has 6 atom stereocenters. The topological polar surface area (TPSA) is 152 Å². The highest BCUT2D eigenvalue weighted by Crippen LogP contribution is 2.65. The number of rotatable bonds is 8. The van der Waals surface area contributed by atoms with Gasteiger partial charge in [-0.25, -0.2) is 9.59 Å². The van der Waals surface area contributed by atoms with E-state index in [1.54, 1.807) is 24.3 Å². The number of esters is 2. The lowest BCUT2D eigenvalue weighted by molar-refractivity contribution is -0.174. The predicted molar refractivity (Wildman–Crippen MR) is 141 cm³/mol. The molecular weight excluding hydrogens is 534 g/mol. The molecule has 216 valence electrons. The van der Waals surface area contributed by atoms with Crippen molar-refractivity contribution in [3.05, 3.63) is 71.0 Å². The molecule has 2 heterocycles. The number of piperidine rings is 1. The summed E-state index contributed by atoms with van der Waals surface area (Å²) in [6.45, 7) is 0.685. The van der Waals surface area contributed by atoms with Crippen molar-refractivity contribution in [2.75, 3.05) is 20.7 Å². The van der Waals surface area contributed by atoms with Crippen LogP contribution in [0.3, 0.4) is 0 Å². The summed E-state index contributed by atoms with van der Waals surface area (Å²) in [6.07, 6.45) is -2.22. The fraction of sp³-hybridized carbons (Fsp3) is 0.433. The molecule has 2 bridgehead atoms. The maximum absolute atomic E-state index is 13.0. The van der Waals surface area contributed by atoms with E-state index >= 15 is 0 Å². The molecule has 3 N–H and O–H groups in total. The molecule has 6 rings (SSSR count). The highest BCUT2D eigenvalue weighted by Gasteiger charge is 2.72. The predicted octanol–water partition coefficient (Wildman–Crippen LogP) is 1.64. The molecule has 11 heteroatoms. The average Bonchev–Trinajstić information content (AvgIpc) is 3.31. The first-order valence-corrected chi connectivity index (χ1v) is 13.5. The number of aliphatic carboxylic acids is 1. The minimum absolute atomic E-state index is 0.134. The van der Waals surface area contributed by atoms with Crippen LogP contribution >= 0.6 is 0 Å². The van der Waals surface area contributed by atoms with E-state index < -0.39 is 53.7 Å². The van der Waals surface area contributed by atoms with Crippen molar-refractivity contribution >= 4 is 17.9 Å². The molecule has 41 heavy (non-hydrogen) atoms. The molecule has 1 fully saturated rings. The lowest BCUT2D eigenvalue weighted by atomic mass is 9.50. The Labute approximate surface area is 235 Å². The van der Waals surface area contributed by atoms with E-state index in [0.29, 0.717) is 30.9 Å². The van der Waals surface area contributed by atoms with Gasteiger partial charge >= 0.3 is 17.9 Å². The first kappa shape index (κ1) is 27.3. The Balaban J connectivity index is 1.23. The Kier molecular flexibility index (Phi) is 6.55. The van der Waals surface area contributed by atoms with E-state index in [2.05, 4.69) is 4.90 Å². The minimum Gasteiger partial charge on any atom is -0.493 e. The van der Waals surface area contributed by atoms with Gasteiger partial charge in [0.05, 0.1) is 24.5 Å². The van der Waals surface area contributed by atoms with Gasteiger partial charge in [-0.2, -0.15) is 0 Å². The highest BCUT2D eigenvalue weighted by molar-refractivity contribution is 5.84. The normalized spacial score (nSPS) is 28.8. The van der Waals surface area contributed by atoms with Gasteiger partial charge in [0.1, 0.15) is 5.76 Å². The number of carboxylic acids is 1. The number of nitrogens with zero attached hydrogens (tertiary/aromatic N) is 1. The third-order valence-corrected chi connectivity index (χ3v) is 8.98. The average molecular weight is 566 g/mol. The van der Waals surface area contributed by atoms with E-state index in [4.69, 9.17) is 18.9 Å². The number of carbonyl (C=O) groups is 3. The number of likely N-dealkylation sites (tertiary alicyclic amines) is 1. The van der Waals surface area contributed by atoms with Crippen LogP contribution < -0.4 is 9.47 Å². The van der Waals surface area contributed by atoms with Crippen LogP contribution in [0.4, 0.5) is 0 Å². The van der Waals surface area contributed by atoms with Crippen LogP contribution in [0.25, 0.3) is 0 Å². The van der Waals surface area contributed by atoms with Crippen molar-refractivity contribution in [3.8, 4) is 11.5 Å². The van der Waals surface area contributed by atoms with Gasteiger partial charge in [-0.05, 0) is 44.1 Å². The van der Waals surface area contributed by atoms with Crippen LogP contribution in [0.15, 0.2) is 54.3 Å². The molecule has 4 aliphatic rings. The largest absolute Gasteiger partial charge is 0.493 e. The number of carboxylic acid groups (broad SMARTS) is 1. The van der Waals surface area contributed by atoms with E-state index in [1.807, 2.05) is 19.2 Å². The summed E-state index contributed by atoms with van der Waals surface area (Å²) in [5.41, 5.74) is 0.0320. The third-order valence-electron chi connectivity index (χ3n) is 8.98. The molecule has 2 aliphatic heterocycles. The number of hydrogen-bond acceptors (Lipinski definition) is 10. The number of aliphatic hydroxyl groups is 2. The number of hydrogen-bond donors (Lipinski definition) is 3. The molecule has 2 aliphatic carbocycles. The minimum atomic E-state index is -1.92. The van der Waals surface area contributed by atoms with E-state index in [-0.39, 0.29) is 23.8 Å². The van der Waals surface area contributed by atoms with Crippen LogP contribution in [-0.4, -0.2) is 82.7 Å². The Hall–Kier alpha value is -3.93. The maximum Gasteiger partial charge on any atom is 0.349 e. The molecule has 0 aromatic heterocycles. The second-order valence-electron chi connectivity index (χ2n) is 11.0. The Morgan fingerprint density at radius 2 is 1.93 bits per heavy atom. The fourth-order valence-electron chi connectivity index (χ4n) is 7.08. The van der Waals surface area contributed by atoms with Crippen molar-refractivity contribution in [1.29, 1.82) is 0 Å². The lowest BCUT2D eigenvalue weighted by Gasteiger charge is -2.61. The Morgan fingerprint density at radius 1 is 1.17 bits per heavy atom. The van der Waals surface area contributed by atoms with Crippen molar-refractivity contribution < 1.29 is 48.7 Å². The molecule has 2 aromatic carbocycles. The number of benzene rings is 2. The van der Waals surface area contributed by atoms with Crippen LogP contribution in [0.2, 0.25) is 0 Å². The standard InChI is InChI=1S/C30H31NO10/c1-31-13-12-29-23-17-8-9-19(38-2)25(23)41-26(29)20(10-11-30(29,37)21(31)14-17)39-28(36)18(32)15-22(33)40-24(27(34)35)16-6-4-3-5-7-16/h3-10,18,21,24,26,32,37H,11-15H2,1-2H3,(H,34,35)/t18-,21-,24-,26-,29-,30+/m0/s1. The number of methoxy groups -OCH3 is 1. The van der Waals surface area contributed by atoms with Gasteiger partial charge in [-0.15, -0.1) is 0 Å². The summed E-state index contributed by atoms with van der Waals surface area (Å²) < 4.78 is 22.7. The van der Waals surface area contributed by atoms with Gasteiger partial charge < -0.3 is 39.2 Å². The number of carbonyl (C=O) groups excluding carboxylic acids is 2. The summed E-state index contributed by atoms with van der Waals surface area (Å²) in [5, 5.41) is 32.3. The van der Waals surface area contributed by atoms with Crippen molar-refractivity contribution in [3.63, 3.8) is 0 Å². The van der Waals surface area contributed by atoms with Crippen molar-refractivity contribution in [1.82, 2.24) is 4.90 Å². The zero-order chi connectivity index (χ0) is 29.1. The molecule has 11 nitrogen and oxygen atoms in total. The van der Waals surface area contributed by atoms with E-state index in [9.17, 15) is 29.7 Å². The molecule has 2 aromatic rings. The second kappa shape index (κ2) is 9.86. The molecule has 0 saturated carbocycles. The van der Waals surface area contributed by atoms with Crippen LogP contribution in [0.5, 0.6) is 11.5 Å². The number of ether oxygens (including phenoxy) is 4. The van der Waals surface area contributed by atoms with Gasteiger partial charge in [0.15, 0.2) is 23.7 Å². The zero-order valence-electron chi connectivity index (χ0n) is 22.6. The van der Waals surface area contributed by atoms with Gasteiger partial charge in [0, 0.05) is 23.6 Å². The fourth-order valence-corrected chi connectivity index (χ4v) is 7.08. The summed E-state index contributed by atoms with van der Waals surface area (Å²) in [5.74, 6) is -2.45. The second-order valence-corrected chi connectivity index (χ2v) is 11.0. The summed E-state index contributed by atoms with van der Waals surface area (Å²) in [7, 11) is 3.52. The zero-order valence-corrected chi connectivity index (χ0v) is 22.6. The van der Waals surface area contributed by atoms with Gasteiger partial charge in [-0.1, -0.05) is 36.4 Å².